The number of hydrogen-bond acceptors (Lipinski definition) is 5. The van der Waals surface area contributed by atoms with Gasteiger partial charge in [0, 0.05) is 13.0 Å². The van der Waals surface area contributed by atoms with Crippen molar-refractivity contribution in [2.45, 2.75) is 20.4 Å². The fourth-order valence-corrected chi connectivity index (χ4v) is 2.74. The summed E-state index contributed by atoms with van der Waals surface area (Å²) in [5, 5.41) is 12.1. The van der Waals surface area contributed by atoms with Crippen molar-refractivity contribution in [3.63, 3.8) is 0 Å². The average Bonchev–Trinajstić information content (AvgIpc) is 2.62. The van der Waals surface area contributed by atoms with Crippen molar-refractivity contribution >= 4 is 46.5 Å². The molecule has 2 aromatic carbocycles. The van der Waals surface area contributed by atoms with Crippen molar-refractivity contribution in [2.75, 3.05) is 11.5 Å². The van der Waals surface area contributed by atoms with E-state index in [1.54, 1.807) is 25.1 Å². The van der Waals surface area contributed by atoms with Crippen LogP contribution in [0.3, 0.4) is 0 Å². The normalized spacial score (nSPS) is 10.4. The lowest BCUT2D eigenvalue weighted by molar-refractivity contribution is -0.384. The van der Waals surface area contributed by atoms with Crippen LogP contribution in [0.1, 0.15) is 29.8 Å². The first kappa shape index (κ1) is 20.7. The minimum Gasteiger partial charge on any atom is -0.462 e. The standard InChI is InChI=1S/C18H16Cl2N2O5/c1-3-27-18(24)13-5-7-16(22(25)26)17(9-13)21(11(2)23)10-12-4-6-14(19)15(20)8-12/h4-9H,3,10H2,1-2H3. The third-order valence-electron chi connectivity index (χ3n) is 3.68. The van der Waals surface area contributed by atoms with Gasteiger partial charge < -0.3 is 9.64 Å². The summed E-state index contributed by atoms with van der Waals surface area (Å²) in [6.45, 7) is 3.10. The molecule has 0 atom stereocenters. The zero-order valence-corrected chi connectivity index (χ0v) is 16.1. The summed E-state index contributed by atoms with van der Waals surface area (Å²) in [5.41, 5.74) is 0.413. The van der Waals surface area contributed by atoms with E-state index in [2.05, 4.69) is 0 Å². The highest BCUT2D eigenvalue weighted by molar-refractivity contribution is 6.42. The van der Waals surface area contributed by atoms with Crippen LogP contribution in [0, 0.1) is 10.1 Å². The van der Waals surface area contributed by atoms with E-state index in [-0.39, 0.29) is 30.1 Å². The van der Waals surface area contributed by atoms with E-state index in [0.717, 1.165) is 0 Å². The van der Waals surface area contributed by atoms with E-state index in [4.69, 9.17) is 27.9 Å². The first-order valence-corrected chi connectivity index (χ1v) is 8.67. The summed E-state index contributed by atoms with van der Waals surface area (Å²) in [4.78, 5) is 36.2. The third kappa shape index (κ3) is 4.96. The van der Waals surface area contributed by atoms with Gasteiger partial charge in [-0.05, 0) is 36.8 Å². The Bertz CT molecular complexity index is 901. The maximum Gasteiger partial charge on any atom is 0.338 e. The third-order valence-corrected chi connectivity index (χ3v) is 4.42. The van der Waals surface area contributed by atoms with Crippen molar-refractivity contribution in [1.82, 2.24) is 0 Å². The second kappa shape index (κ2) is 8.83. The van der Waals surface area contributed by atoms with Crippen LogP contribution in [0.25, 0.3) is 0 Å². The molecule has 0 aliphatic heterocycles. The highest BCUT2D eigenvalue weighted by Gasteiger charge is 2.25. The molecule has 0 unspecified atom stereocenters. The van der Waals surface area contributed by atoms with Crippen LogP contribution in [-0.4, -0.2) is 23.4 Å². The van der Waals surface area contributed by atoms with E-state index in [1.807, 2.05) is 0 Å². The van der Waals surface area contributed by atoms with Crippen molar-refractivity contribution < 1.29 is 19.2 Å². The number of rotatable bonds is 6. The molecule has 2 rings (SSSR count). The summed E-state index contributed by atoms with van der Waals surface area (Å²) in [6, 6.07) is 8.53. The molecular weight excluding hydrogens is 395 g/mol. The maximum absolute atomic E-state index is 12.2. The molecule has 0 saturated heterocycles. The molecule has 0 fully saturated rings. The molecule has 142 valence electrons. The van der Waals surface area contributed by atoms with E-state index in [0.29, 0.717) is 15.6 Å². The van der Waals surface area contributed by atoms with E-state index in [9.17, 15) is 19.7 Å². The van der Waals surface area contributed by atoms with Gasteiger partial charge >= 0.3 is 5.97 Å². The number of carbonyl (C=O) groups excluding carboxylic acids is 2. The van der Waals surface area contributed by atoms with Crippen molar-refractivity contribution in [3.05, 3.63) is 67.7 Å². The predicted octanol–water partition coefficient (Wildman–Crippen LogP) is 4.63. The second-order valence-electron chi connectivity index (χ2n) is 5.53. The number of halogens is 2. The van der Waals surface area contributed by atoms with Gasteiger partial charge in [-0.3, -0.25) is 14.9 Å². The molecular formula is C18H16Cl2N2O5. The Morgan fingerprint density at radius 1 is 1.15 bits per heavy atom. The van der Waals surface area contributed by atoms with Gasteiger partial charge in [0.05, 0.1) is 33.7 Å². The number of hydrogen-bond donors (Lipinski definition) is 0. The minimum atomic E-state index is -0.633. The van der Waals surface area contributed by atoms with Gasteiger partial charge in [0.2, 0.25) is 5.91 Å². The molecule has 0 radical (unpaired) electrons. The molecule has 27 heavy (non-hydrogen) atoms. The first-order valence-electron chi connectivity index (χ1n) is 7.92. The molecule has 0 spiro atoms. The zero-order chi connectivity index (χ0) is 20.1. The Hall–Kier alpha value is -2.64. The topological polar surface area (TPSA) is 89.8 Å². The highest BCUT2D eigenvalue weighted by atomic mass is 35.5. The van der Waals surface area contributed by atoms with Crippen LogP contribution in [0.5, 0.6) is 0 Å². The highest BCUT2D eigenvalue weighted by Crippen LogP contribution is 2.32. The van der Waals surface area contributed by atoms with Crippen molar-refractivity contribution in [3.8, 4) is 0 Å². The fourth-order valence-electron chi connectivity index (χ4n) is 2.42. The summed E-state index contributed by atoms with van der Waals surface area (Å²) in [7, 11) is 0. The summed E-state index contributed by atoms with van der Waals surface area (Å²) < 4.78 is 4.93. The Morgan fingerprint density at radius 2 is 1.85 bits per heavy atom. The molecule has 0 N–H and O–H groups in total. The van der Waals surface area contributed by atoms with Crippen LogP contribution in [0.4, 0.5) is 11.4 Å². The Balaban J connectivity index is 2.51. The van der Waals surface area contributed by atoms with E-state index in [1.165, 1.54) is 30.0 Å². The number of ether oxygens (including phenoxy) is 1. The van der Waals surface area contributed by atoms with Crippen molar-refractivity contribution in [2.24, 2.45) is 0 Å². The molecule has 0 aliphatic carbocycles. The van der Waals surface area contributed by atoms with Crippen LogP contribution < -0.4 is 4.90 Å². The van der Waals surface area contributed by atoms with Crippen molar-refractivity contribution in [1.29, 1.82) is 0 Å². The largest absolute Gasteiger partial charge is 0.462 e. The SMILES string of the molecule is CCOC(=O)c1ccc([N+](=O)[O-])c(N(Cc2ccc(Cl)c(Cl)c2)C(C)=O)c1. The quantitative estimate of drug-likeness (QED) is 0.393. The van der Waals surface area contributed by atoms with Crippen LogP contribution in [0.15, 0.2) is 36.4 Å². The molecule has 0 aliphatic rings. The van der Waals surface area contributed by atoms with Crippen LogP contribution in [0.2, 0.25) is 10.0 Å². The Kier molecular flexibility index (Phi) is 6.76. The van der Waals surface area contributed by atoms with Gasteiger partial charge in [0.1, 0.15) is 5.69 Å². The lowest BCUT2D eigenvalue weighted by atomic mass is 10.1. The minimum absolute atomic E-state index is 0.0101. The molecule has 7 nitrogen and oxygen atoms in total. The number of nitro groups is 1. The van der Waals surface area contributed by atoms with Gasteiger partial charge in [-0.1, -0.05) is 29.3 Å². The number of nitro benzene ring substituents is 1. The Labute approximate surface area is 165 Å². The second-order valence-corrected chi connectivity index (χ2v) is 6.35. The first-order chi connectivity index (χ1) is 12.7. The smallest absolute Gasteiger partial charge is 0.338 e. The van der Waals surface area contributed by atoms with Crippen LogP contribution >= 0.6 is 23.2 Å². The van der Waals surface area contributed by atoms with Gasteiger partial charge in [-0.2, -0.15) is 0 Å². The summed E-state index contributed by atoms with van der Waals surface area (Å²) in [5.74, 6) is -1.07. The predicted molar refractivity (Wildman–Crippen MR) is 102 cm³/mol. The van der Waals surface area contributed by atoms with Gasteiger partial charge in [0.25, 0.3) is 5.69 Å². The molecule has 2 aromatic rings. The Morgan fingerprint density at radius 3 is 2.41 bits per heavy atom. The number of amides is 1. The number of nitrogens with zero attached hydrogens (tertiary/aromatic N) is 2. The molecule has 0 saturated carbocycles. The summed E-state index contributed by atoms with van der Waals surface area (Å²) >= 11 is 11.9. The lowest BCUT2D eigenvalue weighted by Crippen LogP contribution is -2.28. The summed E-state index contributed by atoms with van der Waals surface area (Å²) in [6.07, 6.45) is 0. The molecule has 0 bridgehead atoms. The number of carbonyl (C=O) groups is 2. The monoisotopic (exact) mass is 410 g/mol. The number of esters is 1. The fraction of sp³-hybridized carbons (Fsp3) is 0.222. The molecule has 0 aromatic heterocycles. The average molecular weight is 411 g/mol. The molecule has 0 heterocycles. The van der Waals surface area contributed by atoms with E-state index >= 15 is 0 Å². The maximum atomic E-state index is 12.2. The van der Waals surface area contributed by atoms with Gasteiger partial charge in [0.15, 0.2) is 0 Å². The lowest BCUT2D eigenvalue weighted by Gasteiger charge is -2.22. The molecule has 1 amide bonds. The molecule has 9 heteroatoms. The van der Waals surface area contributed by atoms with E-state index < -0.39 is 16.8 Å². The van der Waals surface area contributed by atoms with Gasteiger partial charge in [-0.25, -0.2) is 4.79 Å². The zero-order valence-electron chi connectivity index (χ0n) is 14.6. The van der Waals surface area contributed by atoms with Crippen LogP contribution in [-0.2, 0) is 16.1 Å². The number of anilines is 1. The van der Waals surface area contributed by atoms with Gasteiger partial charge in [-0.15, -0.1) is 0 Å². The number of benzene rings is 2.